The molecular weight excluding hydrogens is 510 g/mol. The van der Waals surface area contributed by atoms with Crippen molar-refractivity contribution in [2.24, 2.45) is 0 Å². The fourth-order valence-electron chi connectivity index (χ4n) is 4.50. The maximum Gasteiger partial charge on any atom is 0.255 e. The predicted molar refractivity (Wildman–Crippen MR) is 154 cm³/mol. The number of amides is 1. The third-order valence-electron chi connectivity index (χ3n) is 6.67. The normalized spacial score (nSPS) is 14.4. The first-order valence-electron chi connectivity index (χ1n) is 12.8. The number of oxazole rings is 1. The van der Waals surface area contributed by atoms with E-state index in [1.807, 2.05) is 48.6 Å². The molecule has 0 saturated heterocycles. The van der Waals surface area contributed by atoms with Crippen molar-refractivity contribution >= 4 is 28.4 Å². The summed E-state index contributed by atoms with van der Waals surface area (Å²) < 4.78 is 27.3. The van der Waals surface area contributed by atoms with E-state index < -0.39 is 0 Å². The van der Waals surface area contributed by atoms with Gasteiger partial charge in [-0.2, -0.15) is 0 Å². The maximum atomic E-state index is 12.8. The molecule has 40 heavy (non-hydrogen) atoms. The van der Waals surface area contributed by atoms with E-state index in [4.69, 9.17) is 28.3 Å². The predicted octanol–water partition coefficient (Wildman–Crippen LogP) is 6.08. The lowest BCUT2D eigenvalue weighted by Crippen LogP contribution is -2.15. The number of anilines is 2. The van der Waals surface area contributed by atoms with Crippen LogP contribution in [0.4, 0.5) is 11.4 Å². The number of fused-ring (bicyclic) bond motifs is 1. The average Bonchev–Trinajstić information content (AvgIpc) is 3.43. The molecule has 1 aliphatic rings. The second-order valence-corrected chi connectivity index (χ2v) is 9.16. The fraction of sp³-hybridized carbons (Fsp3) is 0.226. The van der Waals surface area contributed by atoms with E-state index in [9.17, 15) is 4.79 Å². The standard InChI is InChI=1S/C31H31N3O6/c1-36-26-12-5-19(15-28(26)38-3)18-32-22-10-13-25-24(16-22)34-31(40-25)21-8-6-20(7-9-21)30(35)33-23-11-14-27(37-2)29(17-23)39-4/h5-8,10-17,21,32H,9,18H2,1-4H3,(H,33,35). The number of aromatic nitrogens is 1. The number of allylic oxidation sites excluding steroid dienone is 2. The van der Waals surface area contributed by atoms with E-state index in [2.05, 4.69) is 10.6 Å². The van der Waals surface area contributed by atoms with Gasteiger partial charge in [-0.3, -0.25) is 4.79 Å². The van der Waals surface area contributed by atoms with Crippen LogP contribution < -0.4 is 29.6 Å². The Morgan fingerprint density at radius 2 is 1.57 bits per heavy atom. The summed E-state index contributed by atoms with van der Waals surface area (Å²) in [5.41, 5.74) is 4.65. The first kappa shape index (κ1) is 26.7. The second-order valence-electron chi connectivity index (χ2n) is 9.16. The van der Waals surface area contributed by atoms with Gasteiger partial charge < -0.3 is 34.0 Å². The first-order chi connectivity index (χ1) is 19.5. The number of hydrogen-bond donors (Lipinski definition) is 2. The SMILES string of the molecule is COc1ccc(CNc2ccc3oc(C4C=CC(C(=O)Nc5ccc(OC)c(OC)c5)=CC4)nc3c2)cc1OC. The van der Waals surface area contributed by atoms with Crippen LogP contribution in [-0.4, -0.2) is 39.3 Å². The Hall–Kier alpha value is -4.92. The van der Waals surface area contributed by atoms with Crippen molar-refractivity contribution in [2.45, 2.75) is 18.9 Å². The Morgan fingerprint density at radius 1 is 0.875 bits per heavy atom. The zero-order valence-electron chi connectivity index (χ0n) is 22.8. The Bertz CT molecular complexity index is 1590. The van der Waals surface area contributed by atoms with Crippen LogP contribution in [0.5, 0.6) is 23.0 Å². The van der Waals surface area contributed by atoms with Gasteiger partial charge in [-0.15, -0.1) is 0 Å². The highest BCUT2D eigenvalue weighted by Crippen LogP contribution is 2.33. The lowest BCUT2D eigenvalue weighted by Gasteiger charge is -2.14. The lowest BCUT2D eigenvalue weighted by atomic mass is 9.96. The molecule has 1 heterocycles. The number of hydrogen-bond acceptors (Lipinski definition) is 8. The van der Waals surface area contributed by atoms with Crippen LogP contribution in [0.1, 0.15) is 23.8 Å². The molecule has 5 rings (SSSR count). The summed E-state index contributed by atoms with van der Waals surface area (Å²) in [4.78, 5) is 17.5. The van der Waals surface area contributed by atoms with Gasteiger partial charge in [0.25, 0.3) is 5.91 Å². The van der Waals surface area contributed by atoms with Crippen molar-refractivity contribution in [1.82, 2.24) is 4.98 Å². The molecule has 0 bridgehead atoms. The van der Waals surface area contributed by atoms with Crippen LogP contribution in [0.25, 0.3) is 11.1 Å². The van der Waals surface area contributed by atoms with E-state index in [0.29, 0.717) is 58.7 Å². The Balaban J connectivity index is 1.21. The maximum absolute atomic E-state index is 12.8. The third kappa shape index (κ3) is 5.73. The molecule has 1 amide bonds. The van der Waals surface area contributed by atoms with Gasteiger partial charge in [0.2, 0.25) is 5.89 Å². The number of benzene rings is 3. The molecule has 0 saturated carbocycles. The van der Waals surface area contributed by atoms with Crippen LogP contribution in [0, 0.1) is 0 Å². The third-order valence-corrected chi connectivity index (χ3v) is 6.67. The van der Waals surface area contributed by atoms with Gasteiger partial charge >= 0.3 is 0 Å². The zero-order chi connectivity index (χ0) is 28.1. The number of methoxy groups -OCH3 is 4. The quantitative estimate of drug-likeness (QED) is 0.249. The first-order valence-corrected chi connectivity index (χ1v) is 12.8. The van der Waals surface area contributed by atoms with E-state index in [1.165, 1.54) is 0 Å². The molecule has 0 spiro atoms. The molecule has 1 aliphatic carbocycles. The van der Waals surface area contributed by atoms with Crippen LogP contribution in [0.15, 0.2) is 82.8 Å². The van der Waals surface area contributed by atoms with Crippen LogP contribution in [0.3, 0.4) is 0 Å². The van der Waals surface area contributed by atoms with Gasteiger partial charge in [-0.05, 0) is 54.4 Å². The van der Waals surface area contributed by atoms with Crippen molar-refractivity contribution in [2.75, 3.05) is 39.1 Å². The summed E-state index contributed by atoms with van der Waals surface area (Å²) in [5, 5.41) is 6.32. The van der Waals surface area contributed by atoms with Gasteiger partial charge in [0.1, 0.15) is 5.52 Å². The minimum Gasteiger partial charge on any atom is -0.493 e. The van der Waals surface area contributed by atoms with Crippen molar-refractivity contribution in [3.63, 3.8) is 0 Å². The average molecular weight is 542 g/mol. The Kier molecular flexibility index (Phi) is 7.91. The topological polar surface area (TPSA) is 104 Å². The molecular formula is C31H31N3O6. The molecule has 0 fully saturated rings. The molecule has 2 N–H and O–H groups in total. The van der Waals surface area contributed by atoms with Gasteiger partial charge in [0, 0.05) is 29.6 Å². The molecule has 1 unspecified atom stereocenters. The molecule has 1 atom stereocenters. The summed E-state index contributed by atoms with van der Waals surface area (Å²) >= 11 is 0. The summed E-state index contributed by atoms with van der Waals surface area (Å²) in [6.07, 6.45) is 6.24. The molecule has 1 aromatic heterocycles. The lowest BCUT2D eigenvalue weighted by molar-refractivity contribution is -0.112. The molecule has 9 nitrogen and oxygen atoms in total. The molecule has 0 aliphatic heterocycles. The number of nitrogens with one attached hydrogen (secondary N) is 2. The van der Waals surface area contributed by atoms with Gasteiger partial charge in [-0.25, -0.2) is 4.98 Å². The number of carbonyl (C=O) groups is 1. The minimum atomic E-state index is -0.204. The summed E-state index contributed by atoms with van der Waals surface area (Å²) in [7, 11) is 6.37. The van der Waals surface area contributed by atoms with Crippen LogP contribution in [-0.2, 0) is 11.3 Å². The van der Waals surface area contributed by atoms with Crippen LogP contribution in [0.2, 0.25) is 0 Å². The molecule has 9 heteroatoms. The molecule has 3 aromatic carbocycles. The van der Waals surface area contributed by atoms with Gasteiger partial charge in [0.15, 0.2) is 28.6 Å². The fourth-order valence-corrected chi connectivity index (χ4v) is 4.50. The smallest absolute Gasteiger partial charge is 0.255 e. The zero-order valence-corrected chi connectivity index (χ0v) is 22.8. The van der Waals surface area contributed by atoms with E-state index in [-0.39, 0.29) is 11.8 Å². The number of ether oxygens (including phenoxy) is 4. The minimum absolute atomic E-state index is 0.0618. The number of carbonyl (C=O) groups excluding carboxylic acids is 1. The Labute approximate surface area is 232 Å². The largest absolute Gasteiger partial charge is 0.493 e. The van der Waals surface area contributed by atoms with Crippen molar-refractivity contribution in [3.05, 3.63) is 89.9 Å². The Morgan fingerprint density at radius 3 is 2.27 bits per heavy atom. The molecule has 0 radical (unpaired) electrons. The number of rotatable bonds is 10. The summed E-state index contributed by atoms with van der Waals surface area (Å²) in [6, 6.07) is 16.9. The van der Waals surface area contributed by atoms with E-state index in [0.717, 1.165) is 16.8 Å². The van der Waals surface area contributed by atoms with Crippen molar-refractivity contribution in [1.29, 1.82) is 0 Å². The van der Waals surface area contributed by atoms with E-state index in [1.54, 1.807) is 52.7 Å². The number of nitrogens with zero attached hydrogens (tertiary/aromatic N) is 1. The van der Waals surface area contributed by atoms with Crippen LogP contribution >= 0.6 is 0 Å². The highest BCUT2D eigenvalue weighted by Gasteiger charge is 2.20. The van der Waals surface area contributed by atoms with Crippen molar-refractivity contribution < 1.29 is 28.2 Å². The second kappa shape index (κ2) is 11.9. The highest BCUT2D eigenvalue weighted by molar-refractivity contribution is 6.06. The summed E-state index contributed by atoms with van der Waals surface area (Å²) in [6.45, 7) is 0.612. The molecule has 206 valence electrons. The highest BCUT2D eigenvalue weighted by atomic mass is 16.5. The molecule has 4 aromatic rings. The van der Waals surface area contributed by atoms with Gasteiger partial charge in [0.05, 0.1) is 34.4 Å². The monoisotopic (exact) mass is 541 g/mol. The summed E-state index contributed by atoms with van der Waals surface area (Å²) in [5.74, 6) is 2.87. The van der Waals surface area contributed by atoms with E-state index >= 15 is 0 Å². The van der Waals surface area contributed by atoms with Gasteiger partial charge in [-0.1, -0.05) is 24.3 Å². The van der Waals surface area contributed by atoms with Crippen molar-refractivity contribution in [3.8, 4) is 23.0 Å².